The van der Waals surface area contributed by atoms with E-state index in [-0.39, 0.29) is 6.04 Å². The smallest absolute Gasteiger partial charge is 0.0390 e. The summed E-state index contributed by atoms with van der Waals surface area (Å²) in [5.74, 6) is 0. The molecule has 1 atom stereocenters. The predicted molar refractivity (Wildman–Crippen MR) is 65.4 cm³/mol. The Bertz CT molecular complexity index is 394. The quantitative estimate of drug-likeness (QED) is 0.687. The van der Waals surface area contributed by atoms with E-state index in [1.807, 2.05) is 12.1 Å². The molecule has 0 saturated heterocycles. The van der Waals surface area contributed by atoms with Gasteiger partial charge in [0.15, 0.2) is 0 Å². The highest BCUT2D eigenvalue weighted by atomic mass is 14.6. The summed E-state index contributed by atoms with van der Waals surface area (Å²) in [6, 6.07) is 6.38. The minimum absolute atomic E-state index is 0.202. The Morgan fingerprint density at radius 3 is 2.87 bits per heavy atom. The predicted octanol–water partition coefficient (Wildman–Crippen LogP) is 2.47. The van der Waals surface area contributed by atoms with E-state index in [0.29, 0.717) is 0 Å². The van der Waals surface area contributed by atoms with Gasteiger partial charge in [0, 0.05) is 17.3 Å². The summed E-state index contributed by atoms with van der Waals surface area (Å²) in [5.41, 5.74) is 16.5. The third kappa shape index (κ3) is 2.21. The van der Waals surface area contributed by atoms with Crippen LogP contribution in [0, 0.1) is 6.92 Å². The van der Waals surface area contributed by atoms with Gasteiger partial charge in [0.05, 0.1) is 0 Å². The van der Waals surface area contributed by atoms with Crippen molar-refractivity contribution in [3.05, 3.63) is 35.4 Å². The van der Waals surface area contributed by atoms with Crippen molar-refractivity contribution in [1.29, 1.82) is 0 Å². The maximum absolute atomic E-state index is 5.98. The van der Waals surface area contributed by atoms with E-state index in [9.17, 15) is 0 Å². The van der Waals surface area contributed by atoms with Gasteiger partial charge in [-0.05, 0) is 43.9 Å². The molecule has 4 N–H and O–H groups in total. The van der Waals surface area contributed by atoms with Gasteiger partial charge in [-0.15, -0.1) is 0 Å². The lowest BCUT2D eigenvalue weighted by Crippen LogP contribution is -2.20. The Morgan fingerprint density at radius 2 is 2.13 bits per heavy atom. The molecule has 0 aromatic heterocycles. The van der Waals surface area contributed by atoms with Crippen molar-refractivity contribution >= 4 is 11.3 Å². The Kier molecular flexibility index (Phi) is 2.78. The summed E-state index contributed by atoms with van der Waals surface area (Å²) in [6.07, 6.45) is 5.52. The third-order valence-electron chi connectivity index (χ3n) is 2.95. The average Bonchev–Trinajstić information content (AvgIpc) is 2.22. The van der Waals surface area contributed by atoms with Crippen LogP contribution in [0.25, 0.3) is 5.57 Å². The van der Waals surface area contributed by atoms with E-state index in [4.69, 9.17) is 11.5 Å². The lowest BCUT2D eigenvalue weighted by molar-refractivity contribution is 0.654. The molecule has 2 heteroatoms. The molecule has 0 radical (unpaired) electrons. The van der Waals surface area contributed by atoms with E-state index in [1.54, 1.807) is 0 Å². The molecule has 2 nitrogen and oxygen atoms in total. The molecule has 1 aromatic rings. The Labute approximate surface area is 91.0 Å². The molecular formula is C13H18N2. The molecule has 0 bridgehead atoms. The van der Waals surface area contributed by atoms with Gasteiger partial charge in [0.2, 0.25) is 0 Å². The summed E-state index contributed by atoms with van der Waals surface area (Å²) < 4.78 is 0. The molecule has 2 rings (SSSR count). The second kappa shape index (κ2) is 4.07. The van der Waals surface area contributed by atoms with Crippen LogP contribution >= 0.6 is 0 Å². The summed E-state index contributed by atoms with van der Waals surface area (Å²) >= 11 is 0. The summed E-state index contributed by atoms with van der Waals surface area (Å²) in [4.78, 5) is 0. The third-order valence-corrected chi connectivity index (χ3v) is 2.95. The largest absolute Gasteiger partial charge is 0.398 e. The van der Waals surface area contributed by atoms with Gasteiger partial charge in [-0.2, -0.15) is 0 Å². The van der Waals surface area contributed by atoms with Gasteiger partial charge >= 0.3 is 0 Å². The molecular weight excluding hydrogens is 184 g/mol. The van der Waals surface area contributed by atoms with Crippen LogP contribution in [0.5, 0.6) is 0 Å². The summed E-state index contributed by atoms with van der Waals surface area (Å²) in [6.45, 7) is 2.09. The van der Waals surface area contributed by atoms with Crippen LogP contribution in [0.15, 0.2) is 24.3 Å². The van der Waals surface area contributed by atoms with E-state index >= 15 is 0 Å². The number of nitrogens with two attached hydrogens (primary N) is 2. The Morgan fingerprint density at radius 1 is 1.33 bits per heavy atom. The van der Waals surface area contributed by atoms with E-state index in [1.165, 1.54) is 23.1 Å². The highest BCUT2D eigenvalue weighted by Crippen LogP contribution is 2.30. The maximum Gasteiger partial charge on any atom is 0.0390 e. The molecule has 80 valence electrons. The molecule has 0 spiro atoms. The Balaban J connectivity index is 2.40. The molecule has 0 saturated carbocycles. The van der Waals surface area contributed by atoms with Gasteiger partial charge in [-0.25, -0.2) is 0 Å². The van der Waals surface area contributed by atoms with E-state index in [2.05, 4.69) is 19.1 Å². The molecule has 0 amide bonds. The van der Waals surface area contributed by atoms with Crippen LogP contribution in [0.1, 0.15) is 30.4 Å². The zero-order valence-corrected chi connectivity index (χ0v) is 9.16. The maximum atomic E-state index is 5.98. The second-order valence-electron chi connectivity index (χ2n) is 4.34. The normalized spacial score (nSPS) is 21.2. The van der Waals surface area contributed by atoms with Crippen LogP contribution in [0.3, 0.4) is 0 Å². The van der Waals surface area contributed by atoms with Crippen LogP contribution in [0.2, 0.25) is 0 Å². The van der Waals surface area contributed by atoms with Crippen molar-refractivity contribution in [3.63, 3.8) is 0 Å². The monoisotopic (exact) mass is 202 g/mol. The standard InChI is InChI=1S/C13H18N2/c1-9-5-6-13(15)12(7-9)10-3-2-4-11(14)8-10/h5-8,11H,2-4,14-15H2,1H3. The van der Waals surface area contributed by atoms with Crippen molar-refractivity contribution in [2.24, 2.45) is 5.73 Å². The van der Waals surface area contributed by atoms with Crippen molar-refractivity contribution in [2.75, 3.05) is 5.73 Å². The SMILES string of the molecule is Cc1ccc(N)c(C2=CC(N)CCC2)c1. The highest BCUT2D eigenvalue weighted by molar-refractivity contribution is 5.76. The molecule has 0 aliphatic heterocycles. The van der Waals surface area contributed by atoms with Gasteiger partial charge in [0.1, 0.15) is 0 Å². The number of hydrogen-bond acceptors (Lipinski definition) is 2. The molecule has 1 aliphatic carbocycles. The van der Waals surface area contributed by atoms with E-state index < -0.39 is 0 Å². The minimum Gasteiger partial charge on any atom is -0.398 e. The van der Waals surface area contributed by atoms with Crippen LogP contribution in [-0.2, 0) is 0 Å². The van der Waals surface area contributed by atoms with Gasteiger partial charge in [-0.3, -0.25) is 0 Å². The van der Waals surface area contributed by atoms with Crippen LogP contribution in [0.4, 0.5) is 5.69 Å². The van der Waals surface area contributed by atoms with Crippen molar-refractivity contribution in [3.8, 4) is 0 Å². The molecule has 1 aliphatic rings. The van der Waals surface area contributed by atoms with Gasteiger partial charge in [-0.1, -0.05) is 17.7 Å². The lowest BCUT2D eigenvalue weighted by atomic mass is 9.90. The fourth-order valence-electron chi connectivity index (χ4n) is 2.13. The summed E-state index contributed by atoms with van der Waals surface area (Å²) in [7, 11) is 0. The highest BCUT2D eigenvalue weighted by Gasteiger charge is 2.13. The average molecular weight is 202 g/mol. The Hall–Kier alpha value is -1.28. The number of rotatable bonds is 1. The van der Waals surface area contributed by atoms with Crippen LogP contribution < -0.4 is 11.5 Å². The number of anilines is 1. The van der Waals surface area contributed by atoms with Crippen molar-refractivity contribution in [2.45, 2.75) is 32.2 Å². The summed E-state index contributed by atoms with van der Waals surface area (Å²) in [5, 5.41) is 0. The van der Waals surface area contributed by atoms with Crippen LogP contribution in [-0.4, -0.2) is 6.04 Å². The van der Waals surface area contributed by atoms with Gasteiger partial charge in [0.25, 0.3) is 0 Å². The van der Waals surface area contributed by atoms with Crippen molar-refractivity contribution in [1.82, 2.24) is 0 Å². The molecule has 1 aromatic carbocycles. The zero-order valence-electron chi connectivity index (χ0n) is 9.16. The molecule has 0 fully saturated rings. The first-order valence-corrected chi connectivity index (χ1v) is 5.49. The first-order valence-electron chi connectivity index (χ1n) is 5.49. The minimum atomic E-state index is 0.202. The zero-order chi connectivity index (χ0) is 10.8. The number of nitrogen functional groups attached to an aromatic ring is 1. The molecule has 0 heterocycles. The fourth-order valence-corrected chi connectivity index (χ4v) is 2.13. The number of hydrogen-bond donors (Lipinski definition) is 2. The lowest BCUT2D eigenvalue weighted by Gasteiger charge is -2.19. The number of allylic oxidation sites excluding steroid dienone is 1. The fraction of sp³-hybridized carbons (Fsp3) is 0.385. The van der Waals surface area contributed by atoms with Crippen molar-refractivity contribution < 1.29 is 0 Å². The number of benzene rings is 1. The van der Waals surface area contributed by atoms with Gasteiger partial charge < -0.3 is 11.5 Å². The van der Waals surface area contributed by atoms with E-state index in [0.717, 1.165) is 18.5 Å². The molecule has 1 unspecified atom stereocenters. The first-order chi connectivity index (χ1) is 7.16. The topological polar surface area (TPSA) is 52.0 Å². The second-order valence-corrected chi connectivity index (χ2v) is 4.34. The molecule has 15 heavy (non-hydrogen) atoms. The number of aryl methyl sites for hydroxylation is 1. The first kappa shape index (κ1) is 10.2.